The first-order valence-corrected chi connectivity index (χ1v) is 11.7. The van der Waals surface area contributed by atoms with E-state index in [1.165, 1.54) is 4.90 Å². The van der Waals surface area contributed by atoms with E-state index in [0.717, 1.165) is 23.1 Å². The van der Waals surface area contributed by atoms with Crippen LogP contribution in [0, 0.1) is 49.4 Å². The smallest absolute Gasteiger partial charge is 0.239 e. The van der Waals surface area contributed by atoms with Gasteiger partial charge in [-0.3, -0.25) is 14.4 Å². The van der Waals surface area contributed by atoms with Gasteiger partial charge in [-0.15, -0.1) is 0 Å². The fraction of sp³-hybridized carbons (Fsp3) is 0.407. The van der Waals surface area contributed by atoms with E-state index in [0.29, 0.717) is 23.2 Å². The number of imide groups is 1. The largest absolute Gasteiger partial charge is 0.356 e. The van der Waals surface area contributed by atoms with Crippen LogP contribution in [0.15, 0.2) is 48.7 Å². The molecule has 0 radical (unpaired) electrons. The number of rotatable bonds is 4. The molecule has 6 nitrogen and oxygen atoms in total. The predicted octanol–water partition coefficient (Wildman–Crippen LogP) is 3.58. The Labute approximate surface area is 191 Å². The third kappa shape index (κ3) is 2.64. The van der Waals surface area contributed by atoms with Crippen LogP contribution in [0.4, 0.5) is 5.82 Å². The lowest BCUT2D eigenvalue weighted by Crippen LogP contribution is -2.40. The zero-order valence-corrected chi connectivity index (χ0v) is 18.5. The van der Waals surface area contributed by atoms with Crippen LogP contribution in [0.25, 0.3) is 0 Å². The van der Waals surface area contributed by atoms with Gasteiger partial charge in [0.25, 0.3) is 0 Å². The molecule has 166 valence electrons. The average Bonchev–Trinajstić information content (AvgIpc) is 3.74. The Balaban J connectivity index is 1.09. The van der Waals surface area contributed by atoms with Gasteiger partial charge in [0.2, 0.25) is 11.8 Å². The molecule has 1 aromatic carbocycles. The number of nitrogens with zero attached hydrogens (tertiary/aromatic N) is 2. The lowest BCUT2D eigenvalue weighted by molar-refractivity contribution is -0.124. The summed E-state index contributed by atoms with van der Waals surface area (Å²) >= 11 is 0. The maximum atomic E-state index is 13.2. The van der Waals surface area contributed by atoms with Crippen LogP contribution in [0.5, 0.6) is 0 Å². The van der Waals surface area contributed by atoms with Crippen molar-refractivity contribution in [2.24, 2.45) is 35.5 Å². The number of Topliss-reactive ketones (excluding diaryl/α,β-unsaturated/α-hetero) is 1. The number of epoxide rings is 1. The molecular formula is C27H24N2O4. The number of aryl methyl sites for hydroxylation is 2. The number of amides is 2. The van der Waals surface area contributed by atoms with Crippen LogP contribution in [0.3, 0.4) is 0 Å². The number of hydrogen-bond donors (Lipinski definition) is 0. The van der Waals surface area contributed by atoms with E-state index in [2.05, 4.69) is 17.1 Å². The highest BCUT2D eigenvalue weighted by Gasteiger charge is 2.67. The topological polar surface area (TPSA) is 79.9 Å². The standard InChI is InChI=1S/C27H24N2O4/c1-12-3-4-14(9-13(12)2)23(30)25-24(33-25)15-5-8-20(28-11-15)29-26(31)21-16-6-7-17(19-10-18(16)19)22(21)27(29)32/h3-9,11,16-19,21-22,24-25H,10H2,1-2H3. The monoisotopic (exact) mass is 440 g/mol. The molecule has 0 N–H and O–H groups in total. The van der Waals surface area contributed by atoms with Crippen molar-refractivity contribution in [3.63, 3.8) is 0 Å². The quantitative estimate of drug-likeness (QED) is 0.314. The number of carbonyl (C=O) groups excluding carboxylic acids is 3. The van der Waals surface area contributed by atoms with Crippen molar-refractivity contribution in [3.8, 4) is 0 Å². The first-order chi connectivity index (χ1) is 15.9. The first kappa shape index (κ1) is 19.4. The Morgan fingerprint density at radius 3 is 2.27 bits per heavy atom. The van der Waals surface area contributed by atoms with Crippen molar-refractivity contribution in [2.75, 3.05) is 4.90 Å². The second kappa shape index (κ2) is 6.48. The van der Waals surface area contributed by atoms with Gasteiger partial charge < -0.3 is 4.74 Å². The molecule has 2 aromatic rings. The molecule has 2 bridgehead atoms. The van der Waals surface area contributed by atoms with Gasteiger partial charge >= 0.3 is 0 Å². The summed E-state index contributed by atoms with van der Waals surface area (Å²) in [5.74, 6) is 1.19. The van der Waals surface area contributed by atoms with Crippen LogP contribution in [-0.4, -0.2) is 28.7 Å². The van der Waals surface area contributed by atoms with Gasteiger partial charge in [0.05, 0.1) is 11.8 Å². The van der Waals surface area contributed by atoms with Crippen LogP contribution in [-0.2, 0) is 14.3 Å². The highest BCUT2D eigenvalue weighted by Crippen LogP contribution is 2.65. The van der Waals surface area contributed by atoms with Gasteiger partial charge in [0.1, 0.15) is 11.9 Å². The van der Waals surface area contributed by atoms with Gasteiger partial charge in [0.15, 0.2) is 11.9 Å². The number of pyridine rings is 1. The van der Waals surface area contributed by atoms with Crippen molar-refractivity contribution in [1.29, 1.82) is 0 Å². The number of aromatic nitrogens is 1. The van der Waals surface area contributed by atoms with Crippen molar-refractivity contribution in [3.05, 3.63) is 70.9 Å². The number of ether oxygens (including phenoxy) is 1. The summed E-state index contributed by atoms with van der Waals surface area (Å²) in [6.45, 7) is 4.00. The van der Waals surface area contributed by atoms with E-state index in [-0.39, 0.29) is 47.4 Å². The minimum atomic E-state index is -0.522. The van der Waals surface area contributed by atoms with Gasteiger partial charge in [0, 0.05) is 17.3 Å². The van der Waals surface area contributed by atoms with Crippen LogP contribution < -0.4 is 4.90 Å². The third-order valence-electron chi connectivity index (χ3n) is 8.53. The van der Waals surface area contributed by atoms with E-state index in [9.17, 15) is 14.4 Å². The Morgan fingerprint density at radius 1 is 0.970 bits per heavy atom. The molecule has 4 fully saturated rings. The number of allylic oxidation sites excluding steroid dienone is 2. The molecule has 33 heavy (non-hydrogen) atoms. The van der Waals surface area contributed by atoms with Crippen molar-refractivity contribution in [2.45, 2.75) is 32.5 Å². The number of hydrogen-bond acceptors (Lipinski definition) is 5. The minimum Gasteiger partial charge on any atom is -0.356 e. The molecule has 4 aliphatic carbocycles. The van der Waals surface area contributed by atoms with Gasteiger partial charge in [-0.05, 0) is 67.2 Å². The van der Waals surface area contributed by atoms with E-state index in [1.54, 1.807) is 12.3 Å². The Kier molecular flexibility index (Phi) is 3.80. The zero-order chi connectivity index (χ0) is 22.6. The normalized spacial score (nSPS) is 37.2. The lowest BCUT2D eigenvalue weighted by atomic mass is 9.63. The molecule has 2 saturated heterocycles. The number of ketones is 1. The maximum Gasteiger partial charge on any atom is 0.239 e. The molecule has 0 spiro atoms. The van der Waals surface area contributed by atoms with E-state index < -0.39 is 6.10 Å². The Hall–Kier alpha value is -3.12. The molecule has 8 rings (SSSR count). The molecule has 2 aliphatic heterocycles. The lowest BCUT2D eigenvalue weighted by Gasteiger charge is -2.37. The van der Waals surface area contributed by atoms with Crippen molar-refractivity contribution in [1.82, 2.24) is 4.98 Å². The SMILES string of the molecule is Cc1ccc(C(=O)C2OC2c2ccc(N3C(=O)C4C5C=CC(C6CC56)C4C3=O)nc2)cc1C. The third-order valence-corrected chi connectivity index (χ3v) is 8.53. The second-order valence-corrected chi connectivity index (χ2v) is 10.3. The van der Waals surface area contributed by atoms with Gasteiger partial charge in [-0.2, -0.15) is 0 Å². The summed E-state index contributed by atoms with van der Waals surface area (Å²) in [6.07, 6.45) is 6.24. The molecule has 8 atom stereocenters. The molecule has 1 aromatic heterocycles. The van der Waals surface area contributed by atoms with Crippen molar-refractivity contribution < 1.29 is 19.1 Å². The summed E-state index contributed by atoms with van der Waals surface area (Å²) in [4.78, 5) is 45.0. The summed E-state index contributed by atoms with van der Waals surface area (Å²) in [6, 6.07) is 9.20. The number of benzene rings is 1. The van der Waals surface area contributed by atoms with Crippen LogP contribution in [0.1, 0.15) is 39.6 Å². The molecule has 6 heteroatoms. The molecule has 2 saturated carbocycles. The highest BCUT2D eigenvalue weighted by molar-refractivity contribution is 6.22. The number of anilines is 1. The summed E-state index contributed by atoms with van der Waals surface area (Å²) in [7, 11) is 0. The molecule has 2 amide bonds. The molecule has 6 aliphatic rings. The van der Waals surface area contributed by atoms with E-state index in [1.807, 2.05) is 38.1 Å². The summed E-state index contributed by atoms with van der Waals surface area (Å²) < 4.78 is 5.68. The minimum absolute atomic E-state index is 0.0392. The summed E-state index contributed by atoms with van der Waals surface area (Å²) in [5.41, 5.74) is 3.64. The molecule has 3 heterocycles. The average molecular weight is 440 g/mol. The van der Waals surface area contributed by atoms with E-state index >= 15 is 0 Å². The fourth-order valence-corrected chi connectivity index (χ4v) is 6.51. The van der Waals surface area contributed by atoms with Gasteiger partial charge in [-0.25, -0.2) is 9.88 Å². The maximum absolute atomic E-state index is 13.2. The fourth-order valence-electron chi connectivity index (χ4n) is 6.51. The van der Waals surface area contributed by atoms with Crippen LogP contribution >= 0.6 is 0 Å². The first-order valence-electron chi connectivity index (χ1n) is 11.7. The van der Waals surface area contributed by atoms with Gasteiger partial charge in [-0.1, -0.05) is 30.4 Å². The zero-order valence-electron chi connectivity index (χ0n) is 18.5. The Morgan fingerprint density at radius 2 is 1.67 bits per heavy atom. The summed E-state index contributed by atoms with van der Waals surface area (Å²) in [5, 5.41) is 0. The predicted molar refractivity (Wildman–Crippen MR) is 119 cm³/mol. The van der Waals surface area contributed by atoms with E-state index in [4.69, 9.17) is 4.74 Å². The second-order valence-electron chi connectivity index (χ2n) is 10.3. The molecule has 8 unspecified atom stereocenters. The van der Waals surface area contributed by atoms with Crippen molar-refractivity contribution >= 4 is 23.4 Å². The highest BCUT2D eigenvalue weighted by atomic mass is 16.6. The number of carbonyl (C=O) groups is 3. The van der Waals surface area contributed by atoms with Crippen LogP contribution in [0.2, 0.25) is 0 Å². The Bertz CT molecular complexity index is 1230. The molecular weight excluding hydrogens is 416 g/mol.